The van der Waals surface area contributed by atoms with Gasteiger partial charge in [-0.25, -0.2) is 0 Å². The lowest BCUT2D eigenvalue weighted by Crippen LogP contribution is -2.45. The highest BCUT2D eigenvalue weighted by Crippen LogP contribution is 2.18. The lowest BCUT2D eigenvalue weighted by Gasteiger charge is -2.35. The Morgan fingerprint density at radius 2 is 2.15 bits per heavy atom. The number of ether oxygens (including phenoxy) is 1. The Hall–Kier alpha value is -0.120. The van der Waals surface area contributed by atoms with Gasteiger partial charge in [0.05, 0.1) is 13.2 Å². The maximum atomic E-state index is 5.36. The number of nitrogens with one attached hydrogen (secondary N) is 1. The fourth-order valence-corrected chi connectivity index (χ4v) is 2.37. The number of hydrogen-bond donors (Lipinski definition) is 1. The molecule has 1 N–H and O–H groups in total. The Morgan fingerprint density at radius 1 is 1.38 bits per heavy atom. The minimum atomic E-state index is 0.735. The summed E-state index contributed by atoms with van der Waals surface area (Å²) in [6, 6.07) is 0.735. The molecule has 2 aliphatic rings. The van der Waals surface area contributed by atoms with E-state index in [1.807, 2.05) is 0 Å². The second kappa shape index (κ2) is 4.40. The Kier molecular flexibility index (Phi) is 3.19. The highest BCUT2D eigenvalue weighted by Gasteiger charge is 2.26. The van der Waals surface area contributed by atoms with E-state index in [1.54, 1.807) is 0 Å². The van der Waals surface area contributed by atoms with Crippen LogP contribution in [-0.2, 0) is 4.74 Å². The number of hydrogen-bond acceptors (Lipinski definition) is 3. The van der Waals surface area contributed by atoms with Crippen LogP contribution >= 0.6 is 0 Å². The van der Waals surface area contributed by atoms with Crippen molar-refractivity contribution in [2.45, 2.75) is 19.4 Å². The van der Waals surface area contributed by atoms with E-state index in [1.165, 1.54) is 19.5 Å². The fraction of sp³-hybridized carbons (Fsp3) is 1.00. The van der Waals surface area contributed by atoms with Gasteiger partial charge in [0.25, 0.3) is 0 Å². The van der Waals surface area contributed by atoms with Crippen LogP contribution in [0.4, 0.5) is 0 Å². The van der Waals surface area contributed by atoms with Gasteiger partial charge in [0.15, 0.2) is 0 Å². The lowest BCUT2D eigenvalue weighted by atomic mass is 9.99. The first-order valence-electron chi connectivity index (χ1n) is 5.40. The molecule has 0 amide bonds. The maximum absolute atomic E-state index is 5.36. The van der Waals surface area contributed by atoms with Gasteiger partial charge in [-0.05, 0) is 32.4 Å². The molecule has 2 saturated heterocycles. The Morgan fingerprint density at radius 3 is 2.77 bits per heavy atom. The summed E-state index contributed by atoms with van der Waals surface area (Å²) in [6.45, 7) is 8.87. The van der Waals surface area contributed by atoms with Crippen molar-refractivity contribution in [3.05, 3.63) is 0 Å². The van der Waals surface area contributed by atoms with Crippen molar-refractivity contribution in [1.82, 2.24) is 10.2 Å². The van der Waals surface area contributed by atoms with Crippen molar-refractivity contribution >= 4 is 0 Å². The largest absolute Gasteiger partial charge is 0.379 e. The van der Waals surface area contributed by atoms with E-state index in [2.05, 4.69) is 17.1 Å². The Bertz CT molecular complexity index is 151. The van der Waals surface area contributed by atoms with Gasteiger partial charge in [0, 0.05) is 19.1 Å². The van der Waals surface area contributed by atoms with Crippen LogP contribution in [0, 0.1) is 5.92 Å². The smallest absolute Gasteiger partial charge is 0.0594 e. The van der Waals surface area contributed by atoms with Crippen molar-refractivity contribution in [2.24, 2.45) is 5.92 Å². The maximum Gasteiger partial charge on any atom is 0.0594 e. The SMILES string of the molecule is C[C@@H]([C@@H]1CCNC1)N1CCOCC1. The predicted octanol–water partition coefficient (Wildman–Crippen LogP) is 0.317. The van der Waals surface area contributed by atoms with Crippen molar-refractivity contribution in [2.75, 3.05) is 39.4 Å². The molecule has 2 atom stereocenters. The molecular weight excluding hydrogens is 164 g/mol. The summed E-state index contributed by atoms with van der Waals surface area (Å²) >= 11 is 0. The van der Waals surface area contributed by atoms with Crippen molar-refractivity contribution in [1.29, 1.82) is 0 Å². The van der Waals surface area contributed by atoms with Gasteiger partial charge in [-0.3, -0.25) is 4.90 Å². The number of nitrogens with zero attached hydrogens (tertiary/aromatic N) is 1. The molecule has 3 nitrogen and oxygen atoms in total. The van der Waals surface area contributed by atoms with Crippen molar-refractivity contribution in [3.63, 3.8) is 0 Å². The van der Waals surface area contributed by atoms with E-state index in [0.717, 1.165) is 38.3 Å². The van der Waals surface area contributed by atoms with Crippen LogP contribution in [0.1, 0.15) is 13.3 Å². The summed E-state index contributed by atoms with van der Waals surface area (Å²) < 4.78 is 5.36. The van der Waals surface area contributed by atoms with Gasteiger partial charge in [-0.2, -0.15) is 0 Å². The first kappa shape index (κ1) is 9.44. The first-order chi connectivity index (χ1) is 6.38. The summed E-state index contributed by atoms with van der Waals surface area (Å²) in [4.78, 5) is 2.57. The molecule has 0 bridgehead atoms. The lowest BCUT2D eigenvalue weighted by molar-refractivity contribution is 0.00928. The topological polar surface area (TPSA) is 24.5 Å². The van der Waals surface area contributed by atoms with E-state index < -0.39 is 0 Å². The second-order valence-electron chi connectivity index (χ2n) is 4.14. The molecule has 13 heavy (non-hydrogen) atoms. The number of rotatable bonds is 2. The Labute approximate surface area is 80.4 Å². The molecule has 0 radical (unpaired) electrons. The van der Waals surface area contributed by atoms with Gasteiger partial charge in [-0.1, -0.05) is 0 Å². The highest BCUT2D eigenvalue weighted by molar-refractivity contribution is 4.82. The molecule has 0 aromatic carbocycles. The molecule has 2 aliphatic heterocycles. The quantitative estimate of drug-likeness (QED) is 0.669. The summed E-state index contributed by atoms with van der Waals surface area (Å²) in [5.41, 5.74) is 0. The first-order valence-corrected chi connectivity index (χ1v) is 5.40. The standard InChI is InChI=1S/C10H20N2O/c1-9(10-2-3-11-8-10)12-4-6-13-7-5-12/h9-11H,2-8H2,1H3/t9-,10+/m0/s1. The van der Waals surface area contributed by atoms with Crippen LogP contribution in [0.15, 0.2) is 0 Å². The van der Waals surface area contributed by atoms with Crippen LogP contribution in [0.5, 0.6) is 0 Å². The third-order valence-corrected chi connectivity index (χ3v) is 3.40. The third kappa shape index (κ3) is 2.22. The fourth-order valence-electron chi connectivity index (χ4n) is 2.37. The summed E-state index contributed by atoms with van der Waals surface area (Å²) in [6.07, 6.45) is 1.35. The second-order valence-corrected chi connectivity index (χ2v) is 4.14. The molecule has 2 fully saturated rings. The van der Waals surface area contributed by atoms with Crippen LogP contribution in [-0.4, -0.2) is 50.3 Å². The van der Waals surface area contributed by atoms with E-state index in [4.69, 9.17) is 4.74 Å². The van der Waals surface area contributed by atoms with Crippen molar-refractivity contribution < 1.29 is 4.74 Å². The van der Waals surface area contributed by atoms with Crippen LogP contribution in [0.2, 0.25) is 0 Å². The van der Waals surface area contributed by atoms with Gasteiger partial charge >= 0.3 is 0 Å². The zero-order valence-corrected chi connectivity index (χ0v) is 8.46. The van der Waals surface area contributed by atoms with Crippen LogP contribution < -0.4 is 5.32 Å². The van der Waals surface area contributed by atoms with E-state index in [9.17, 15) is 0 Å². The van der Waals surface area contributed by atoms with E-state index >= 15 is 0 Å². The molecule has 0 aliphatic carbocycles. The van der Waals surface area contributed by atoms with Gasteiger partial charge in [-0.15, -0.1) is 0 Å². The average Bonchev–Trinajstić information content (AvgIpc) is 2.71. The zero-order chi connectivity index (χ0) is 9.10. The Balaban J connectivity index is 1.83. The predicted molar refractivity (Wildman–Crippen MR) is 52.8 cm³/mol. The molecule has 0 aromatic rings. The molecule has 0 spiro atoms. The zero-order valence-electron chi connectivity index (χ0n) is 8.46. The van der Waals surface area contributed by atoms with Gasteiger partial charge < -0.3 is 10.1 Å². The third-order valence-electron chi connectivity index (χ3n) is 3.40. The van der Waals surface area contributed by atoms with Crippen molar-refractivity contribution in [3.8, 4) is 0 Å². The molecule has 2 heterocycles. The van der Waals surface area contributed by atoms with Crippen LogP contribution in [0.3, 0.4) is 0 Å². The van der Waals surface area contributed by atoms with Gasteiger partial charge in [0.1, 0.15) is 0 Å². The monoisotopic (exact) mass is 184 g/mol. The average molecular weight is 184 g/mol. The summed E-state index contributed by atoms with van der Waals surface area (Å²) in [5, 5.41) is 3.43. The van der Waals surface area contributed by atoms with Gasteiger partial charge in [0.2, 0.25) is 0 Å². The normalized spacial score (nSPS) is 33.5. The molecule has 0 aromatic heterocycles. The summed E-state index contributed by atoms with van der Waals surface area (Å²) in [5.74, 6) is 0.859. The van der Waals surface area contributed by atoms with E-state index in [0.29, 0.717) is 0 Å². The summed E-state index contributed by atoms with van der Waals surface area (Å²) in [7, 11) is 0. The van der Waals surface area contributed by atoms with E-state index in [-0.39, 0.29) is 0 Å². The molecule has 3 heteroatoms. The molecule has 2 rings (SSSR count). The molecule has 0 saturated carbocycles. The molecule has 0 unspecified atom stereocenters. The number of morpholine rings is 1. The minimum Gasteiger partial charge on any atom is -0.379 e. The molecule has 76 valence electrons. The molecular formula is C10H20N2O. The minimum absolute atomic E-state index is 0.735. The van der Waals surface area contributed by atoms with Crippen LogP contribution in [0.25, 0.3) is 0 Å². The highest BCUT2D eigenvalue weighted by atomic mass is 16.5.